The molecule has 1 aliphatic heterocycles. The van der Waals surface area contributed by atoms with Crippen molar-refractivity contribution in [2.24, 2.45) is 5.92 Å². The maximum Gasteiger partial charge on any atom is 0.237 e. The molecule has 0 spiro atoms. The van der Waals surface area contributed by atoms with Crippen LogP contribution in [0.25, 0.3) is 0 Å². The molecule has 22 heavy (non-hydrogen) atoms. The van der Waals surface area contributed by atoms with Crippen LogP contribution < -0.4 is 5.32 Å². The fourth-order valence-corrected chi connectivity index (χ4v) is 3.63. The van der Waals surface area contributed by atoms with Gasteiger partial charge in [0.25, 0.3) is 0 Å². The lowest BCUT2D eigenvalue weighted by Gasteiger charge is -2.45. The Morgan fingerprint density at radius 1 is 1.41 bits per heavy atom. The van der Waals surface area contributed by atoms with Gasteiger partial charge >= 0.3 is 0 Å². The van der Waals surface area contributed by atoms with E-state index >= 15 is 0 Å². The van der Waals surface area contributed by atoms with E-state index in [1.807, 2.05) is 0 Å². The van der Waals surface area contributed by atoms with Gasteiger partial charge in [-0.15, -0.1) is 0 Å². The second-order valence-electron chi connectivity index (χ2n) is 6.65. The number of benzene rings is 1. The molecule has 4 heteroatoms. The van der Waals surface area contributed by atoms with Crippen molar-refractivity contribution >= 4 is 5.91 Å². The number of rotatable bonds is 5. The molecule has 0 bridgehead atoms. The van der Waals surface area contributed by atoms with Crippen LogP contribution in [0, 0.1) is 5.92 Å². The lowest BCUT2D eigenvalue weighted by Crippen LogP contribution is -2.48. The van der Waals surface area contributed by atoms with Crippen LogP contribution in [0.4, 0.5) is 0 Å². The monoisotopic (exact) mass is 302 g/mol. The van der Waals surface area contributed by atoms with Gasteiger partial charge in [0.1, 0.15) is 0 Å². The van der Waals surface area contributed by atoms with E-state index in [0.717, 1.165) is 13.0 Å². The molecule has 1 aliphatic carbocycles. The van der Waals surface area contributed by atoms with E-state index in [-0.39, 0.29) is 11.9 Å². The molecule has 0 radical (unpaired) electrons. The zero-order valence-electron chi connectivity index (χ0n) is 13.3. The van der Waals surface area contributed by atoms with Gasteiger partial charge in [0, 0.05) is 13.1 Å². The first-order valence-corrected chi connectivity index (χ1v) is 8.43. The zero-order chi connectivity index (χ0) is 15.5. The predicted octanol–water partition coefficient (Wildman–Crippen LogP) is 1.88. The molecule has 0 saturated heterocycles. The number of amides is 1. The SMILES string of the molecule is C[C@@H](O)CNCC(=O)N1CCc2ccccc2C1C1CCC1. The molecule has 2 N–H and O–H groups in total. The van der Waals surface area contributed by atoms with Crippen molar-refractivity contribution in [3.63, 3.8) is 0 Å². The molecule has 4 nitrogen and oxygen atoms in total. The summed E-state index contributed by atoms with van der Waals surface area (Å²) < 4.78 is 0. The lowest BCUT2D eigenvalue weighted by molar-refractivity contribution is -0.135. The molecule has 1 aromatic carbocycles. The highest BCUT2D eigenvalue weighted by molar-refractivity contribution is 5.79. The molecule has 3 rings (SSSR count). The quantitative estimate of drug-likeness (QED) is 0.873. The molecule has 1 fully saturated rings. The summed E-state index contributed by atoms with van der Waals surface area (Å²) in [7, 11) is 0. The van der Waals surface area contributed by atoms with Gasteiger partial charge in [-0.3, -0.25) is 4.79 Å². The van der Waals surface area contributed by atoms with Crippen LogP contribution in [0.1, 0.15) is 43.4 Å². The van der Waals surface area contributed by atoms with Crippen molar-refractivity contribution < 1.29 is 9.90 Å². The topological polar surface area (TPSA) is 52.6 Å². The number of aliphatic hydroxyl groups excluding tert-OH is 1. The molecule has 1 heterocycles. The second kappa shape index (κ2) is 6.80. The number of hydrogen-bond acceptors (Lipinski definition) is 3. The Labute approximate surface area is 132 Å². The van der Waals surface area contributed by atoms with Crippen LogP contribution in [-0.2, 0) is 11.2 Å². The van der Waals surface area contributed by atoms with E-state index in [2.05, 4.69) is 34.5 Å². The number of carbonyl (C=O) groups excluding carboxylic acids is 1. The third-order valence-electron chi connectivity index (χ3n) is 4.96. The Hall–Kier alpha value is -1.39. The number of hydrogen-bond donors (Lipinski definition) is 2. The highest BCUT2D eigenvalue weighted by Gasteiger charge is 2.38. The van der Waals surface area contributed by atoms with Gasteiger partial charge in [0.05, 0.1) is 18.7 Å². The molecule has 1 saturated carbocycles. The number of nitrogens with one attached hydrogen (secondary N) is 1. The van der Waals surface area contributed by atoms with Gasteiger partial charge < -0.3 is 15.3 Å². The smallest absolute Gasteiger partial charge is 0.237 e. The lowest BCUT2D eigenvalue weighted by atomic mass is 9.74. The van der Waals surface area contributed by atoms with Crippen molar-refractivity contribution in [3.8, 4) is 0 Å². The van der Waals surface area contributed by atoms with Gasteiger partial charge in [-0.1, -0.05) is 30.7 Å². The Balaban J connectivity index is 1.74. The van der Waals surface area contributed by atoms with E-state index in [1.165, 1.54) is 30.4 Å². The molecular formula is C18H26N2O2. The molecule has 2 atom stereocenters. The van der Waals surface area contributed by atoms with Gasteiger partial charge in [-0.25, -0.2) is 0 Å². The molecule has 1 amide bonds. The average Bonchev–Trinajstić information content (AvgIpc) is 2.45. The van der Waals surface area contributed by atoms with Crippen molar-refractivity contribution in [2.75, 3.05) is 19.6 Å². The Bertz CT molecular complexity index is 526. The Morgan fingerprint density at radius 3 is 2.86 bits per heavy atom. The van der Waals surface area contributed by atoms with E-state index in [1.54, 1.807) is 6.92 Å². The van der Waals surface area contributed by atoms with Crippen LogP contribution >= 0.6 is 0 Å². The summed E-state index contributed by atoms with van der Waals surface area (Å²) >= 11 is 0. The number of carbonyl (C=O) groups is 1. The fraction of sp³-hybridized carbons (Fsp3) is 0.611. The Morgan fingerprint density at radius 2 is 2.18 bits per heavy atom. The van der Waals surface area contributed by atoms with Gasteiger partial charge in [0.15, 0.2) is 0 Å². The van der Waals surface area contributed by atoms with Crippen molar-refractivity contribution in [2.45, 2.75) is 44.8 Å². The summed E-state index contributed by atoms with van der Waals surface area (Å²) in [5, 5.41) is 12.4. The van der Waals surface area contributed by atoms with Gasteiger partial charge in [0.2, 0.25) is 5.91 Å². The van der Waals surface area contributed by atoms with Gasteiger partial charge in [-0.05, 0) is 43.2 Å². The standard InChI is InChI=1S/C18H26N2O2/c1-13(21)11-19-12-17(22)20-10-9-14-5-2-3-8-16(14)18(20)15-6-4-7-15/h2-3,5,8,13,15,18-19,21H,4,6-7,9-12H2,1H3/t13-,18?/m1/s1. The predicted molar refractivity (Wildman–Crippen MR) is 86.5 cm³/mol. The molecule has 1 aromatic rings. The van der Waals surface area contributed by atoms with Crippen molar-refractivity contribution in [1.29, 1.82) is 0 Å². The minimum Gasteiger partial charge on any atom is -0.392 e. The second-order valence-corrected chi connectivity index (χ2v) is 6.65. The highest BCUT2D eigenvalue weighted by atomic mass is 16.3. The first kappa shape index (κ1) is 15.5. The van der Waals surface area contributed by atoms with Crippen LogP contribution in [0.15, 0.2) is 24.3 Å². The molecular weight excluding hydrogens is 276 g/mol. The van der Waals surface area contributed by atoms with Gasteiger partial charge in [-0.2, -0.15) is 0 Å². The summed E-state index contributed by atoms with van der Waals surface area (Å²) in [5.41, 5.74) is 2.75. The van der Waals surface area contributed by atoms with Crippen molar-refractivity contribution in [1.82, 2.24) is 10.2 Å². The first-order valence-electron chi connectivity index (χ1n) is 8.43. The van der Waals surface area contributed by atoms with E-state index in [9.17, 15) is 9.90 Å². The maximum atomic E-state index is 12.6. The summed E-state index contributed by atoms with van der Waals surface area (Å²) in [6, 6.07) is 8.83. The fourth-order valence-electron chi connectivity index (χ4n) is 3.63. The summed E-state index contributed by atoms with van der Waals surface area (Å²) in [6.45, 7) is 3.32. The van der Waals surface area contributed by atoms with Crippen LogP contribution in [-0.4, -0.2) is 41.7 Å². The number of nitrogens with zero attached hydrogens (tertiary/aromatic N) is 1. The molecule has 2 aliphatic rings. The van der Waals surface area contributed by atoms with Crippen molar-refractivity contribution in [3.05, 3.63) is 35.4 Å². The largest absolute Gasteiger partial charge is 0.392 e. The third kappa shape index (κ3) is 3.18. The minimum absolute atomic E-state index is 0.159. The summed E-state index contributed by atoms with van der Waals surface area (Å²) in [5.74, 6) is 0.772. The van der Waals surface area contributed by atoms with E-state index in [4.69, 9.17) is 0 Å². The summed E-state index contributed by atoms with van der Waals surface area (Å²) in [6.07, 6.45) is 4.26. The van der Waals surface area contributed by atoms with Crippen LogP contribution in [0.2, 0.25) is 0 Å². The van der Waals surface area contributed by atoms with E-state index in [0.29, 0.717) is 19.0 Å². The number of fused-ring (bicyclic) bond motifs is 1. The zero-order valence-corrected chi connectivity index (χ0v) is 13.3. The van der Waals surface area contributed by atoms with Crippen LogP contribution in [0.3, 0.4) is 0 Å². The highest BCUT2D eigenvalue weighted by Crippen LogP contribution is 2.44. The van der Waals surface area contributed by atoms with Crippen LogP contribution in [0.5, 0.6) is 0 Å². The normalized spacial score (nSPS) is 22.8. The molecule has 120 valence electrons. The Kier molecular flexibility index (Phi) is 4.79. The molecule has 1 unspecified atom stereocenters. The minimum atomic E-state index is -0.419. The first-order chi connectivity index (χ1) is 10.7. The van der Waals surface area contributed by atoms with E-state index < -0.39 is 6.10 Å². The maximum absolute atomic E-state index is 12.6. The average molecular weight is 302 g/mol. The number of aliphatic hydroxyl groups is 1. The molecule has 0 aromatic heterocycles. The summed E-state index contributed by atoms with van der Waals surface area (Å²) in [4.78, 5) is 14.7. The third-order valence-corrected chi connectivity index (χ3v) is 4.96.